The van der Waals surface area contributed by atoms with Gasteiger partial charge >= 0.3 is 0 Å². The van der Waals surface area contributed by atoms with E-state index in [4.69, 9.17) is 10.3 Å². The maximum atomic E-state index is 6.08. The number of hydrogen-bond acceptors (Lipinski definition) is 5. The Morgan fingerprint density at radius 1 is 1.56 bits per heavy atom. The first-order valence-corrected chi connectivity index (χ1v) is 6.93. The van der Waals surface area contributed by atoms with Gasteiger partial charge in [0.2, 0.25) is 5.89 Å². The Labute approximate surface area is 100 Å². The molecule has 2 rings (SSSR count). The first-order chi connectivity index (χ1) is 7.63. The zero-order valence-electron chi connectivity index (χ0n) is 9.90. The molecule has 2 unspecified atom stereocenters. The summed E-state index contributed by atoms with van der Waals surface area (Å²) in [4.78, 5) is 4.45. The normalized spacial score (nSPS) is 25.3. The van der Waals surface area contributed by atoms with Crippen LogP contribution in [0.3, 0.4) is 0 Å². The first-order valence-electron chi connectivity index (χ1n) is 5.88. The summed E-state index contributed by atoms with van der Waals surface area (Å²) in [6, 6.07) is 0. The second-order valence-electron chi connectivity index (χ2n) is 4.58. The standard InChI is InChI=1S/C11H19N3OS/c1-3-11(2,12)10-13-9(14-15-10)8-6-4-5-7-16-8/h8H,3-7,12H2,1-2H3. The molecule has 1 aliphatic rings. The number of thioether (sulfide) groups is 1. The van der Waals surface area contributed by atoms with Gasteiger partial charge in [0.05, 0.1) is 10.8 Å². The summed E-state index contributed by atoms with van der Waals surface area (Å²) in [6.07, 6.45) is 4.51. The highest BCUT2D eigenvalue weighted by atomic mass is 32.2. The van der Waals surface area contributed by atoms with Crippen LogP contribution in [0.2, 0.25) is 0 Å². The predicted octanol–water partition coefficient (Wildman–Crippen LogP) is 2.61. The van der Waals surface area contributed by atoms with Gasteiger partial charge in [-0.05, 0) is 31.9 Å². The van der Waals surface area contributed by atoms with Crippen molar-refractivity contribution in [2.75, 3.05) is 5.75 Å². The van der Waals surface area contributed by atoms with Gasteiger partial charge in [-0.3, -0.25) is 0 Å². The molecule has 0 radical (unpaired) electrons. The predicted molar refractivity (Wildman–Crippen MR) is 65.2 cm³/mol. The summed E-state index contributed by atoms with van der Waals surface area (Å²) in [5.41, 5.74) is 5.58. The van der Waals surface area contributed by atoms with Gasteiger partial charge in [0.25, 0.3) is 0 Å². The highest BCUT2D eigenvalue weighted by molar-refractivity contribution is 7.99. The highest BCUT2D eigenvalue weighted by Gasteiger charge is 2.28. The molecule has 1 aromatic heterocycles. The third kappa shape index (κ3) is 2.40. The number of rotatable bonds is 3. The summed E-state index contributed by atoms with van der Waals surface area (Å²) < 4.78 is 5.27. The zero-order valence-corrected chi connectivity index (χ0v) is 10.7. The van der Waals surface area contributed by atoms with E-state index in [0.717, 1.165) is 18.7 Å². The van der Waals surface area contributed by atoms with Gasteiger partial charge < -0.3 is 10.3 Å². The van der Waals surface area contributed by atoms with Crippen molar-refractivity contribution in [1.82, 2.24) is 10.1 Å². The molecule has 0 spiro atoms. The van der Waals surface area contributed by atoms with Crippen molar-refractivity contribution < 1.29 is 4.52 Å². The quantitative estimate of drug-likeness (QED) is 0.881. The summed E-state index contributed by atoms with van der Waals surface area (Å²) in [6.45, 7) is 3.96. The Bertz CT molecular complexity index is 345. The van der Waals surface area contributed by atoms with Crippen LogP contribution >= 0.6 is 11.8 Å². The van der Waals surface area contributed by atoms with Gasteiger partial charge in [-0.25, -0.2) is 0 Å². The molecule has 1 saturated heterocycles. The highest BCUT2D eigenvalue weighted by Crippen LogP contribution is 2.37. The van der Waals surface area contributed by atoms with E-state index in [1.165, 1.54) is 18.6 Å². The second-order valence-corrected chi connectivity index (χ2v) is 5.89. The molecule has 16 heavy (non-hydrogen) atoms. The Hall–Kier alpha value is -0.550. The largest absolute Gasteiger partial charge is 0.337 e. The van der Waals surface area contributed by atoms with E-state index in [1.54, 1.807) is 0 Å². The van der Waals surface area contributed by atoms with Gasteiger partial charge in [0.15, 0.2) is 5.82 Å². The molecule has 4 nitrogen and oxygen atoms in total. The van der Waals surface area contributed by atoms with Crippen LogP contribution in [-0.4, -0.2) is 15.9 Å². The first kappa shape index (κ1) is 11.9. The Balaban J connectivity index is 2.12. The van der Waals surface area contributed by atoms with Gasteiger partial charge in [0.1, 0.15) is 0 Å². The molecule has 2 atom stereocenters. The molecular weight excluding hydrogens is 222 g/mol. The lowest BCUT2D eigenvalue weighted by Crippen LogP contribution is -2.32. The Kier molecular flexibility index (Phi) is 3.54. The molecule has 0 saturated carbocycles. The molecule has 90 valence electrons. The third-order valence-electron chi connectivity index (χ3n) is 3.13. The van der Waals surface area contributed by atoms with Crippen LogP contribution in [0.25, 0.3) is 0 Å². The molecule has 1 fully saturated rings. The van der Waals surface area contributed by atoms with E-state index in [2.05, 4.69) is 10.1 Å². The average molecular weight is 241 g/mol. The summed E-state index contributed by atoms with van der Waals surface area (Å²) in [5, 5.41) is 4.47. The van der Waals surface area contributed by atoms with E-state index < -0.39 is 5.54 Å². The molecule has 0 amide bonds. The maximum Gasteiger partial charge on any atom is 0.246 e. The number of nitrogens with zero attached hydrogens (tertiary/aromatic N) is 2. The molecule has 0 aliphatic carbocycles. The topological polar surface area (TPSA) is 64.9 Å². The molecule has 1 aliphatic heterocycles. The smallest absolute Gasteiger partial charge is 0.246 e. The zero-order chi connectivity index (χ0) is 11.6. The lowest BCUT2D eigenvalue weighted by Gasteiger charge is -2.18. The van der Waals surface area contributed by atoms with Crippen molar-refractivity contribution in [2.24, 2.45) is 5.73 Å². The Morgan fingerprint density at radius 2 is 2.38 bits per heavy atom. The van der Waals surface area contributed by atoms with Crippen LogP contribution in [-0.2, 0) is 5.54 Å². The maximum absolute atomic E-state index is 6.08. The minimum Gasteiger partial charge on any atom is -0.337 e. The van der Waals surface area contributed by atoms with E-state index in [0.29, 0.717) is 11.1 Å². The van der Waals surface area contributed by atoms with Crippen molar-refractivity contribution in [3.63, 3.8) is 0 Å². The molecule has 1 aromatic rings. The van der Waals surface area contributed by atoms with Crippen LogP contribution in [0.5, 0.6) is 0 Å². The van der Waals surface area contributed by atoms with E-state index in [1.807, 2.05) is 25.6 Å². The van der Waals surface area contributed by atoms with Crippen molar-refractivity contribution in [2.45, 2.75) is 50.3 Å². The second kappa shape index (κ2) is 4.75. The van der Waals surface area contributed by atoms with Gasteiger partial charge in [-0.1, -0.05) is 18.5 Å². The van der Waals surface area contributed by atoms with E-state index >= 15 is 0 Å². The number of nitrogens with two attached hydrogens (primary N) is 1. The minimum absolute atomic E-state index is 0.402. The van der Waals surface area contributed by atoms with Gasteiger partial charge in [-0.2, -0.15) is 16.7 Å². The molecule has 2 N–H and O–H groups in total. The van der Waals surface area contributed by atoms with E-state index in [-0.39, 0.29) is 0 Å². The van der Waals surface area contributed by atoms with Gasteiger partial charge in [-0.15, -0.1) is 0 Å². The molecular formula is C11H19N3OS. The summed E-state index contributed by atoms with van der Waals surface area (Å²) in [5.74, 6) is 2.59. The Morgan fingerprint density at radius 3 is 3.00 bits per heavy atom. The fourth-order valence-electron chi connectivity index (χ4n) is 1.69. The summed E-state index contributed by atoms with van der Waals surface area (Å²) >= 11 is 1.92. The molecule has 5 heteroatoms. The van der Waals surface area contributed by atoms with Crippen LogP contribution in [0.15, 0.2) is 4.52 Å². The lowest BCUT2D eigenvalue weighted by atomic mass is 10.0. The van der Waals surface area contributed by atoms with E-state index in [9.17, 15) is 0 Å². The minimum atomic E-state index is -0.495. The van der Waals surface area contributed by atoms with Crippen LogP contribution in [0, 0.1) is 0 Å². The van der Waals surface area contributed by atoms with Gasteiger partial charge in [0, 0.05) is 0 Å². The van der Waals surface area contributed by atoms with Crippen LogP contribution in [0.1, 0.15) is 56.5 Å². The van der Waals surface area contributed by atoms with Crippen LogP contribution < -0.4 is 5.73 Å². The average Bonchev–Trinajstić information content (AvgIpc) is 2.80. The fraction of sp³-hybridized carbons (Fsp3) is 0.818. The number of aromatic nitrogens is 2. The van der Waals surface area contributed by atoms with Crippen molar-refractivity contribution in [3.05, 3.63) is 11.7 Å². The SMILES string of the molecule is CCC(C)(N)c1nc(C2CCCCS2)no1. The fourth-order valence-corrected chi connectivity index (χ4v) is 2.93. The number of hydrogen-bond donors (Lipinski definition) is 1. The molecule has 2 heterocycles. The molecule has 0 bridgehead atoms. The van der Waals surface area contributed by atoms with Crippen molar-refractivity contribution in [3.8, 4) is 0 Å². The lowest BCUT2D eigenvalue weighted by molar-refractivity contribution is 0.289. The van der Waals surface area contributed by atoms with Crippen LogP contribution in [0.4, 0.5) is 0 Å². The van der Waals surface area contributed by atoms with Crippen molar-refractivity contribution >= 4 is 11.8 Å². The molecule has 0 aromatic carbocycles. The summed E-state index contributed by atoms with van der Waals surface area (Å²) in [7, 11) is 0. The van der Waals surface area contributed by atoms with Crippen molar-refractivity contribution in [1.29, 1.82) is 0 Å². The monoisotopic (exact) mass is 241 g/mol. The third-order valence-corrected chi connectivity index (χ3v) is 4.51.